The van der Waals surface area contributed by atoms with Gasteiger partial charge in [-0.25, -0.2) is 9.78 Å². The molecule has 3 aromatic rings. The number of aromatic nitrogens is 2. The summed E-state index contributed by atoms with van der Waals surface area (Å²) in [6.07, 6.45) is 0. The SMILES string of the molecule is CC1=C(C(=O)OC(C)(C)C)C(c2cccs2)n2c(nc3ccccc32)N1. The summed E-state index contributed by atoms with van der Waals surface area (Å²) in [5.41, 5.74) is 2.73. The van der Waals surface area contributed by atoms with Crippen molar-refractivity contribution in [3.05, 3.63) is 57.9 Å². The van der Waals surface area contributed by atoms with E-state index in [1.165, 1.54) is 0 Å². The van der Waals surface area contributed by atoms with Crippen molar-refractivity contribution in [1.29, 1.82) is 0 Å². The molecule has 2 aromatic heterocycles. The average molecular weight is 367 g/mol. The molecule has 1 aliphatic heterocycles. The van der Waals surface area contributed by atoms with E-state index in [0.29, 0.717) is 5.57 Å². The Morgan fingerprint density at radius 2 is 2.00 bits per heavy atom. The minimum absolute atomic E-state index is 0.256. The Labute approximate surface area is 156 Å². The number of hydrogen-bond acceptors (Lipinski definition) is 5. The lowest BCUT2D eigenvalue weighted by Crippen LogP contribution is -2.32. The maximum Gasteiger partial charge on any atom is 0.338 e. The second-order valence-electron chi connectivity index (χ2n) is 7.38. The normalized spacial score (nSPS) is 17.2. The van der Waals surface area contributed by atoms with Gasteiger partial charge in [-0.1, -0.05) is 18.2 Å². The van der Waals surface area contributed by atoms with Gasteiger partial charge in [0.25, 0.3) is 0 Å². The van der Waals surface area contributed by atoms with E-state index < -0.39 is 5.60 Å². The van der Waals surface area contributed by atoms with Gasteiger partial charge in [0.15, 0.2) is 0 Å². The third kappa shape index (κ3) is 2.80. The minimum Gasteiger partial charge on any atom is -0.456 e. The van der Waals surface area contributed by atoms with Crippen molar-refractivity contribution in [1.82, 2.24) is 9.55 Å². The van der Waals surface area contributed by atoms with Crippen LogP contribution in [0.15, 0.2) is 53.0 Å². The highest BCUT2D eigenvalue weighted by Gasteiger charge is 2.36. The molecule has 6 heteroatoms. The Bertz CT molecular complexity index is 1010. The van der Waals surface area contributed by atoms with E-state index in [2.05, 4.69) is 16.0 Å². The van der Waals surface area contributed by atoms with Crippen LogP contribution in [-0.2, 0) is 9.53 Å². The van der Waals surface area contributed by atoms with Gasteiger partial charge in [0.05, 0.1) is 16.6 Å². The zero-order chi connectivity index (χ0) is 18.5. The molecule has 1 aliphatic rings. The molecule has 0 spiro atoms. The van der Waals surface area contributed by atoms with Crippen molar-refractivity contribution in [2.45, 2.75) is 39.3 Å². The number of thiophene rings is 1. The van der Waals surface area contributed by atoms with Gasteiger partial charge in [-0.05, 0) is 51.3 Å². The fourth-order valence-electron chi connectivity index (χ4n) is 3.28. The molecule has 0 radical (unpaired) electrons. The topological polar surface area (TPSA) is 56.2 Å². The third-order valence-electron chi connectivity index (χ3n) is 4.26. The first kappa shape index (κ1) is 16.8. The number of nitrogens with zero attached hydrogens (tertiary/aromatic N) is 2. The van der Waals surface area contributed by atoms with Crippen LogP contribution in [0.25, 0.3) is 11.0 Å². The van der Waals surface area contributed by atoms with Crippen molar-refractivity contribution in [2.24, 2.45) is 0 Å². The van der Waals surface area contributed by atoms with Gasteiger partial charge in [0, 0.05) is 10.6 Å². The molecule has 1 aromatic carbocycles. The molecule has 3 heterocycles. The van der Waals surface area contributed by atoms with Gasteiger partial charge in [-0.3, -0.25) is 4.57 Å². The summed E-state index contributed by atoms with van der Waals surface area (Å²) >= 11 is 1.63. The molecule has 1 atom stereocenters. The summed E-state index contributed by atoms with van der Waals surface area (Å²) in [5, 5.41) is 5.32. The van der Waals surface area contributed by atoms with E-state index in [9.17, 15) is 4.79 Å². The first-order valence-corrected chi connectivity index (χ1v) is 9.44. The molecule has 0 bridgehead atoms. The van der Waals surface area contributed by atoms with Crippen molar-refractivity contribution < 1.29 is 9.53 Å². The van der Waals surface area contributed by atoms with Crippen LogP contribution in [0.4, 0.5) is 5.95 Å². The number of anilines is 1. The molecule has 0 aliphatic carbocycles. The number of esters is 1. The van der Waals surface area contributed by atoms with E-state index in [-0.39, 0.29) is 12.0 Å². The monoisotopic (exact) mass is 367 g/mol. The lowest BCUT2D eigenvalue weighted by Gasteiger charge is -2.31. The third-order valence-corrected chi connectivity index (χ3v) is 5.19. The molecule has 5 nitrogen and oxygen atoms in total. The molecule has 0 fully saturated rings. The second kappa shape index (κ2) is 5.99. The molecular weight excluding hydrogens is 346 g/mol. The zero-order valence-corrected chi connectivity index (χ0v) is 16.1. The molecular formula is C20H21N3O2S. The highest BCUT2D eigenvalue weighted by molar-refractivity contribution is 7.10. The Hall–Kier alpha value is -2.60. The summed E-state index contributed by atoms with van der Waals surface area (Å²) in [7, 11) is 0. The van der Waals surface area contributed by atoms with Crippen LogP contribution in [0.5, 0.6) is 0 Å². The highest BCUT2D eigenvalue weighted by Crippen LogP contribution is 2.41. The number of rotatable bonds is 2. The van der Waals surface area contributed by atoms with Gasteiger partial charge in [0.1, 0.15) is 11.6 Å². The number of imidazole rings is 1. The van der Waals surface area contributed by atoms with E-state index in [4.69, 9.17) is 9.72 Å². The number of hydrogen-bond donors (Lipinski definition) is 1. The summed E-state index contributed by atoms with van der Waals surface area (Å²) in [5.74, 6) is 0.443. The van der Waals surface area contributed by atoms with Crippen LogP contribution < -0.4 is 5.32 Å². The van der Waals surface area contributed by atoms with Gasteiger partial charge >= 0.3 is 5.97 Å². The first-order valence-electron chi connectivity index (χ1n) is 8.56. The Kier molecular flexibility index (Phi) is 3.88. The van der Waals surface area contributed by atoms with Crippen LogP contribution in [0.2, 0.25) is 0 Å². The van der Waals surface area contributed by atoms with E-state index in [1.54, 1.807) is 11.3 Å². The molecule has 1 N–H and O–H groups in total. The number of carbonyl (C=O) groups excluding carboxylic acids is 1. The molecule has 1 unspecified atom stereocenters. The lowest BCUT2D eigenvalue weighted by molar-refractivity contribution is -0.150. The summed E-state index contributed by atoms with van der Waals surface area (Å²) < 4.78 is 7.80. The summed E-state index contributed by atoms with van der Waals surface area (Å²) in [6.45, 7) is 7.56. The lowest BCUT2D eigenvalue weighted by atomic mass is 10.0. The molecule has 0 amide bonds. The van der Waals surface area contributed by atoms with Crippen molar-refractivity contribution >= 4 is 34.3 Å². The number of para-hydroxylation sites is 2. The number of benzene rings is 1. The number of ether oxygens (including phenoxy) is 1. The molecule has 0 saturated heterocycles. The van der Waals surface area contributed by atoms with Crippen molar-refractivity contribution in [3.63, 3.8) is 0 Å². The zero-order valence-electron chi connectivity index (χ0n) is 15.2. The predicted octanol–water partition coefficient (Wildman–Crippen LogP) is 4.73. The molecule has 134 valence electrons. The van der Waals surface area contributed by atoms with Crippen LogP contribution in [0.3, 0.4) is 0 Å². The van der Waals surface area contributed by atoms with Crippen LogP contribution >= 0.6 is 11.3 Å². The molecule has 4 rings (SSSR count). The Morgan fingerprint density at radius 1 is 1.23 bits per heavy atom. The van der Waals surface area contributed by atoms with Crippen LogP contribution in [0, 0.1) is 0 Å². The van der Waals surface area contributed by atoms with Gasteiger partial charge in [-0.2, -0.15) is 0 Å². The largest absolute Gasteiger partial charge is 0.456 e. The maximum atomic E-state index is 13.0. The number of allylic oxidation sites excluding steroid dienone is 1. The molecule has 0 saturated carbocycles. The van der Waals surface area contributed by atoms with E-state index >= 15 is 0 Å². The fourth-order valence-corrected chi connectivity index (χ4v) is 4.10. The van der Waals surface area contributed by atoms with Gasteiger partial charge in [0.2, 0.25) is 5.95 Å². The number of nitrogens with one attached hydrogen (secondary N) is 1. The number of carbonyl (C=O) groups is 1. The van der Waals surface area contributed by atoms with Crippen molar-refractivity contribution in [3.8, 4) is 0 Å². The average Bonchev–Trinajstić information content (AvgIpc) is 3.19. The quantitative estimate of drug-likeness (QED) is 0.666. The van der Waals surface area contributed by atoms with E-state index in [1.807, 2.05) is 63.4 Å². The van der Waals surface area contributed by atoms with E-state index in [0.717, 1.165) is 27.6 Å². The maximum absolute atomic E-state index is 13.0. The van der Waals surface area contributed by atoms with Gasteiger partial charge in [-0.15, -0.1) is 11.3 Å². The predicted molar refractivity (Wildman–Crippen MR) is 104 cm³/mol. The molecule has 26 heavy (non-hydrogen) atoms. The van der Waals surface area contributed by atoms with Crippen LogP contribution in [0.1, 0.15) is 38.6 Å². The summed E-state index contributed by atoms with van der Waals surface area (Å²) in [4.78, 5) is 18.8. The highest BCUT2D eigenvalue weighted by atomic mass is 32.1. The Balaban J connectivity index is 1.92. The van der Waals surface area contributed by atoms with Gasteiger partial charge < -0.3 is 10.1 Å². The first-order chi connectivity index (χ1) is 12.3. The number of fused-ring (bicyclic) bond motifs is 3. The van der Waals surface area contributed by atoms with Crippen LogP contribution in [-0.4, -0.2) is 21.1 Å². The smallest absolute Gasteiger partial charge is 0.338 e. The standard InChI is InChI=1S/C20H21N3O2S/c1-12-16(18(24)25-20(2,3)4)17(15-10-7-11-26-15)23-14-9-6-5-8-13(14)22-19(23)21-12/h5-11,17H,1-4H3,(H,21,22). The van der Waals surface area contributed by atoms with Crippen molar-refractivity contribution in [2.75, 3.05) is 5.32 Å². The second-order valence-corrected chi connectivity index (χ2v) is 8.36. The minimum atomic E-state index is -0.554. The fraction of sp³-hybridized carbons (Fsp3) is 0.300. The Morgan fingerprint density at radius 3 is 2.69 bits per heavy atom. The summed E-state index contributed by atoms with van der Waals surface area (Å²) in [6, 6.07) is 11.8.